The lowest BCUT2D eigenvalue weighted by Crippen LogP contribution is -2.57. The number of nitrogens with zero attached hydrogens (tertiary/aromatic N) is 2. The molecule has 1 aliphatic heterocycles. The first-order valence-corrected chi connectivity index (χ1v) is 11.0. The monoisotopic (exact) mass is 523 g/mol. The highest BCUT2D eigenvalue weighted by Crippen LogP contribution is 2.26. The van der Waals surface area contributed by atoms with Crippen molar-refractivity contribution in [3.63, 3.8) is 0 Å². The van der Waals surface area contributed by atoms with Crippen LogP contribution in [0, 0.1) is 0 Å². The molecule has 0 aliphatic carbocycles. The normalized spacial score (nSPS) is 18.9. The number of ether oxygens (including phenoxy) is 1. The Kier molecular flexibility index (Phi) is 8.62. The van der Waals surface area contributed by atoms with Crippen molar-refractivity contribution in [2.24, 2.45) is 4.99 Å². The maximum Gasteiger partial charge on any atom is 0.193 e. The van der Waals surface area contributed by atoms with E-state index in [0.29, 0.717) is 32.2 Å². The quantitative estimate of drug-likeness (QED) is 0.284. The maximum atomic E-state index is 12.2. The SMILES string of the molecule is CN=C(NCCOc1cccc(C(C)(C)C)c1)N1CCS(=O)(=O)C(C)(C)C1.I. The molecule has 1 aliphatic rings. The summed E-state index contributed by atoms with van der Waals surface area (Å²) in [7, 11) is -1.35. The number of halogens is 1. The fraction of sp³-hybridized carbons (Fsp3) is 0.650. The smallest absolute Gasteiger partial charge is 0.193 e. The lowest BCUT2D eigenvalue weighted by atomic mass is 9.87. The van der Waals surface area contributed by atoms with E-state index in [2.05, 4.69) is 43.2 Å². The summed E-state index contributed by atoms with van der Waals surface area (Å²) in [6, 6.07) is 8.16. The molecule has 1 N–H and O–H groups in total. The minimum absolute atomic E-state index is 0. The molecule has 28 heavy (non-hydrogen) atoms. The van der Waals surface area contributed by atoms with Crippen LogP contribution in [0.5, 0.6) is 5.75 Å². The van der Waals surface area contributed by atoms with E-state index in [1.165, 1.54) is 5.56 Å². The van der Waals surface area contributed by atoms with Crippen molar-refractivity contribution < 1.29 is 13.2 Å². The average molecular weight is 523 g/mol. The second kappa shape index (κ2) is 9.65. The van der Waals surface area contributed by atoms with E-state index < -0.39 is 14.6 Å². The fourth-order valence-corrected chi connectivity index (χ4v) is 4.41. The zero-order chi connectivity index (χ0) is 20.3. The van der Waals surface area contributed by atoms with Crippen LogP contribution in [0.15, 0.2) is 29.3 Å². The van der Waals surface area contributed by atoms with Gasteiger partial charge < -0.3 is 15.0 Å². The molecular weight excluding hydrogens is 489 g/mol. The van der Waals surface area contributed by atoms with Crippen molar-refractivity contribution in [3.8, 4) is 5.75 Å². The van der Waals surface area contributed by atoms with Gasteiger partial charge in [-0.1, -0.05) is 32.9 Å². The van der Waals surface area contributed by atoms with Gasteiger partial charge in [-0.2, -0.15) is 0 Å². The zero-order valence-electron chi connectivity index (χ0n) is 17.8. The van der Waals surface area contributed by atoms with E-state index >= 15 is 0 Å². The molecular formula is C20H34IN3O3S. The number of benzene rings is 1. The predicted octanol–water partition coefficient (Wildman–Crippen LogP) is 3.07. The Labute approximate surface area is 187 Å². The molecule has 0 atom stereocenters. The lowest BCUT2D eigenvalue weighted by Gasteiger charge is -2.39. The minimum Gasteiger partial charge on any atom is -0.492 e. The maximum absolute atomic E-state index is 12.2. The van der Waals surface area contributed by atoms with E-state index in [0.717, 1.165) is 5.75 Å². The molecule has 2 rings (SSSR count). The van der Waals surface area contributed by atoms with Crippen LogP contribution in [0.25, 0.3) is 0 Å². The van der Waals surface area contributed by atoms with Crippen molar-refractivity contribution in [2.45, 2.75) is 44.8 Å². The molecule has 0 bridgehead atoms. The van der Waals surface area contributed by atoms with E-state index in [9.17, 15) is 8.42 Å². The van der Waals surface area contributed by atoms with Crippen molar-refractivity contribution in [1.82, 2.24) is 10.2 Å². The molecule has 1 saturated heterocycles. The van der Waals surface area contributed by atoms with Gasteiger partial charge in [-0.05, 0) is 37.0 Å². The first-order valence-electron chi connectivity index (χ1n) is 9.37. The second-order valence-corrected chi connectivity index (χ2v) is 11.3. The van der Waals surface area contributed by atoms with E-state index in [-0.39, 0.29) is 35.1 Å². The average Bonchev–Trinajstić information content (AvgIpc) is 2.57. The number of rotatable bonds is 4. The molecule has 0 spiro atoms. The van der Waals surface area contributed by atoms with Gasteiger partial charge in [-0.25, -0.2) is 8.42 Å². The summed E-state index contributed by atoms with van der Waals surface area (Å²) in [5.74, 6) is 1.71. The topological polar surface area (TPSA) is 71.0 Å². The first-order chi connectivity index (χ1) is 12.5. The Morgan fingerprint density at radius 1 is 1.32 bits per heavy atom. The molecule has 1 fully saturated rings. The molecule has 1 aromatic carbocycles. The third-order valence-electron chi connectivity index (χ3n) is 4.91. The summed E-state index contributed by atoms with van der Waals surface area (Å²) in [5.41, 5.74) is 1.32. The highest BCUT2D eigenvalue weighted by molar-refractivity contribution is 14.0. The summed E-state index contributed by atoms with van der Waals surface area (Å²) in [6.07, 6.45) is 0. The minimum atomic E-state index is -3.06. The zero-order valence-corrected chi connectivity index (χ0v) is 20.9. The van der Waals surface area contributed by atoms with Crippen molar-refractivity contribution in [3.05, 3.63) is 29.8 Å². The molecule has 8 heteroatoms. The van der Waals surface area contributed by atoms with Crippen LogP contribution >= 0.6 is 24.0 Å². The van der Waals surface area contributed by atoms with Gasteiger partial charge in [0, 0.05) is 20.1 Å². The van der Waals surface area contributed by atoms with Crippen LogP contribution in [0.2, 0.25) is 0 Å². The molecule has 0 radical (unpaired) electrons. The highest BCUT2D eigenvalue weighted by atomic mass is 127. The lowest BCUT2D eigenvalue weighted by molar-refractivity contribution is 0.312. The van der Waals surface area contributed by atoms with Gasteiger partial charge in [0.05, 0.1) is 17.0 Å². The predicted molar refractivity (Wildman–Crippen MR) is 127 cm³/mol. The van der Waals surface area contributed by atoms with Crippen LogP contribution in [0.1, 0.15) is 40.2 Å². The van der Waals surface area contributed by atoms with Crippen LogP contribution < -0.4 is 10.1 Å². The summed E-state index contributed by atoms with van der Waals surface area (Å²) in [4.78, 5) is 6.30. The number of aliphatic imine (C=N–C) groups is 1. The molecule has 160 valence electrons. The Morgan fingerprint density at radius 2 is 2.00 bits per heavy atom. The largest absolute Gasteiger partial charge is 0.492 e. The van der Waals surface area contributed by atoms with Gasteiger partial charge in [-0.3, -0.25) is 4.99 Å². The third-order valence-corrected chi connectivity index (χ3v) is 7.44. The summed E-state index contributed by atoms with van der Waals surface area (Å²) in [6.45, 7) is 12.1. The van der Waals surface area contributed by atoms with E-state index in [4.69, 9.17) is 4.74 Å². The Balaban J connectivity index is 0.00000392. The molecule has 0 amide bonds. The van der Waals surface area contributed by atoms with Gasteiger partial charge in [0.15, 0.2) is 15.8 Å². The molecule has 1 aromatic rings. The Hall–Kier alpha value is -1.03. The van der Waals surface area contributed by atoms with Gasteiger partial charge in [-0.15, -0.1) is 24.0 Å². The number of hydrogen-bond acceptors (Lipinski definition) is 4. The molecule has 6 nitrogen and oxygen atoms in total. The molecule has 0 unspecified atom stereocenters. The highest BCUT2D eigenvalue weighted by Gasteiger charge is 2.40. The molecule has 1 heterocycles. The summed E-state index contributed by atoms with van der Waals surface area (Å²) < 4.78 is 29.4. The van der Waals surface area contributed by atoms with Gasteiger partial charge >= 0.3 is 0 Å². The van der Waals surface area contributed by atoms with Crippen LogP contribution in [-0.2, 0) is 15.3 Å². The Bertz CT molecular complexity index is 786. The standard InChI is InChI=1S/C20H33N3O3S.HI/c1-19(2,3)16-8-7-9-17(14-16)26-12-10-22-18(21-6)23-11-13-27(24,25)20(4,5)15-23;/h7-9,14H,10-13,15H2,1-6H3,(H,21,22);1H. The number of nitrogens with one attached hydrogen (secondary N) is 1. The number of sulfone groups is 1. The van der Waals surface area contributed by atoms with Crippen molar-refractivity contribution in [2.75, 3.05) is 39.0 Å². The fourth-order valence-electron chi connectivity index (χ4n) is 3.04. The first kappa shape index (κ1) is 25.0. The number of guanidine groups is 1. The van der Waals surface area contributed by atoms with Gasteiger partial charge in [0.2, 0.25) is 0 Å². The van der Waals surface area contributed by atoms with Crippen LogP contribution in [0.4, 0.5) is 0 Å². The van der Waals surface area contributed by atoms with E-state index in [1.807, 2.05) is 17.0 Å². The second-order valence-electron chi connectivity index (χ2n) is 8.60. The summed E-state index contributed by atoms with van der Waals surface area (Å²) >= 11 is 0. The Morgan fingerprint density at radius 3 is 2.57 bits per heavy atom. The van der Waals surface area contributed by atoms with Gasteiger partial charge in [0.25, 0.3) is 0 Å². The van der Waals surface area contributed by atoms with Crippen molar-refractivity contribution >= 4 is 39.8 Å². The van der Waals surface area contributed by atoms with E-state index in [1.54, 1.807) is 20.9 Å². The third kappa shape index (κ3) is 6.23. The molecule has 0 saturated carbocycles. The van der Waals surface area contributed by atoms with Gasteiger partial charge in [0.1, 0.15) is 12.4 Å². The summed E-state index contributed by atoms with van der Waals surface area (Å²) in [5, 5.41) is 3.28. The van der Waals surface area contributed by atoms with Crippen molar-refractivity contribution in [1.29, 1.82) is 0 Å². The molecule has 0 aromatic heterocycles. The number of hydrogen-bond donors (Lipinski definition) is 1. The van der Waals surface area contributed by atoms with Crippen LogP contribution in [-0.4, -0.2) is 63.1 Å². The van der Waals surface area contributed by atoms with Crippen LogP contribution in [0.3, 0.4) is 0 Å².